The summed E-state index contributed by atoms with van der Waals surface area (Å²) in [5.41, 5.74) is 2.71. The van der Waals surface area contributed by atoms with E-state index in [0.29, 0.717) is 77.1 Å². The number of rotatable bonds is 15. The van der Waals surface area contributed by atoms with E-state index in [1.54, 1.807) is 41.3 Å². The number of hydrogen-bond donors (Lipinski definition) is 5. The zero-order valence-electron chi connectivity index (χ0n) is 33.3. The maximum atomic E-state index is 13.6. The highest BCUT2D eigenvalue weighted by Gasteiger charge is 2.35. The Bertz CT molecular complexity index is 2190. The van der Waals surface area contributed by atoms with Gasteiger partial charge in [-0.2, -0.15) is 0 Å². The molecular formula is C42H49Cl4N7O8. The van der Waals surface area contributed by atoms with Crippen LogP contribution in [0.15, 0.2) is 63.9 Å². The van der Waals surface area contributed by atoms with Crippen LogP contribution >= 0.6 is 46.4 Å². The first-order valence-electron chi connectivity index (χ1n) is 20.4. The van der Waals surface area contributed by atoms with Crippen LogP contribution in [0.2, 0.25) is 20.1 Å². The number of carbonyl (C=O) groups is 2. The minimum atomic E-state index is -0.763. The summed E-state index contributed by atoms with van der Waals surface area (Å²) in [4.78, 5) is 45.4. The second-order valence-corrected chi connectivity index (χ2v) is 17.0. The number of aromatic nitrogens is 2. The Labute approximate surface area is 373 Å². The van der Waals surface area contributed by atoms with Gasteiger partial charge >= 0.3 is 5.76 Å². The zero-order chi connectivity index (χ0) is 42.9. The predicted molar refractivity (Wildman–Crippen MR) is 231 cm³/mol. The average molecular weight is 922 g/mol. The van der Waals surface area contributed by atoms with E-state index in [9.17, 15) is 19.5 Å². The lowest BCUT2D eigenvalue weighted by Crippen LogP contribution is -2.45. The molecule has 5 unspecified atom stereocenters. The fourth-order valence-corrected chi connectivity index (χ4v) is 8.68. The lowest BCUT2D eigenvalue weighted by Gasteiger charge is -2.33. The number of amides is 2. The largest absolute Gasteiger partial charge is 0.483 e. The number of halogens is 4. The molecule has 0 spiro atoms. The number of nitrogens with one attached hydrogen (secondary N) is 4. The molecule has 0 bridgehead atoms. The summed E-state index contributed by atoms with van der Waals surface area (Å²) in [7, 11) is 0. The first-order valence-corrected chi connectivity index (χ1v) is 21.9. The minimum absolute atomic E-state index is 0.0527. The van der Waals surface area contributed by atoms with Gasteiger partial charge in [0.25, 0.3) is 5.91 Å². The van der Waals surface area contributed by atoms with Crippen molar-refractivity contribution in [1.29, 1.82) is 0 Å². The highest BCUT2D eigenvalue weighted by atomic mass is 35.5. The number of carbonyl (C=O) groups excluding carboxylic acids is 2. The Balaban J connectivity index is 1.08. The summed E-state index contributed by atoms with van der Waals surface area (Å²) in [6, 6.07) is 16.0. The van der Waals surface area contributed by atoms with Gasteiger partial charge in [-0.05, 0) is 79.0 Å². The van der Waals surface area contributed by atoms with Gasteiger partial charge in [-0.15, -0.1) is 0 Å². The molecular weight excluding hydrogens is 872 g/mol. The fraction of sp³-hybridized carbons (Fsp3) is 0.476. The molecule has 2 amide bonds. The van der Waals surface area contributed by atoms with Crippen molar-refractivity contribution in [1.82, 2.24) is 35.9 Å². The molecule has 15 nitrogen and oxygen atoms in total. The number of aliphatic hydroxyl groups excluding tert-OH is 1. The van der Waals surface area contributed by atoms with Crippen molar-refractivity contribution in [2.45, 2.75) is 31.2 Å². The van der Waals surface area contributed by atoms with E-state index >= 15 is 0 Å². The van der Waals surface area contributed by atoms with Gasteiger partial charge < -0.3 is 40.2 Å². The van der Waals surface area contributed by atoms with Gasteiger partial charge in [0.1, 0.15) is 5.75 Å². The minimum Gasteiger partial charge on any atom is -0.483 e. The van der Waals surface area contributed by atoms with Crippen molar-refractivity contribution in [2.24, 2.45) is 11.8 Å². The molecule has 4 heterocycles. The predicted octanol–water partition coefficient (Wildman–Crippen LogP) is 5.05. The number of nitrogens with zero attached hydrogens (tertiary/aromatic N) is 3. The van der Waals surface area contributed by atoms with Crippen molar-refractivity contribution >= 4 is 58.2 Å². The quantitative estimate of drug-likeness (QED) is 0.107. The molecule has 3 aromatic carbocycles. The van der Waals surface area contributed by atoms with E-state index in [1.807, 2.05) is 18.2 Å². The summed E-state index contributed by atoms with van der Waals surface area (Å²) < 4.78 is 24.0. The Hall–Kier alpha value is -3.74. The van der Waals surface area contributed by atoms with Crippen LogP contribution in [0.3, 0.4) is 0 Å². The summed E-state index contributed by atoms with van der Waals surface area (Å²) in [5, 5.41) is 25.4. The first kappa shape index (κ1) is 45.3. The number of aliphatic hydroxyl groups is 1. The third-order valence-corrected chi connectivity index (χ3v) is 12.6. The summed E-state index contributed by atoms with van der Waals surface area (Å²) in [6.07, 6.45) is 0.677. The SMILES string of the molecule is O=C(COc1ccc(C2CNCC(CN(CCO)C(=O)CN3CCCC3)C(c3ccc(Cl)c(Cl)c3)O2)cc1-c1noc(=O)[nH]1)NCC1CNCCOC1c1ccc(Cl)c(Cl)c1. The molecule has 19 heteroatoms. The van der Waals surface area contributed by atoms with Crippen LogP contribution in [0, 0.1) is 11.8 Å². The number of aromatic amines is 1. The fourth-order valence-electron chi connectivity index (χ4n) is 8.06. The molecule has 3 saturated heterocycles. The highest BCUT2D eigenvalue weighted by Crippen LogP contribution is 2.39. The van der Waals surface area contributed by atoms with Crippen LogP contribution in [0.4, 0.5) is 0 Å². The number of benzene rings is 3. The second kappa shape index (κ2) is 21.6. The van der Waals surface area contributed by atoms with Crippen LogP contribution in [-0.2, 0) is 19.1 Å². The van der Waals surface area contributed by atoms with Gasteiger partial charge in [0.2, 0.25) is 5.91 Å². The summed E-state index contributed by atoms with van der Waals surface area (Å²) in [5.74, 6) is -1.18. The number of likely N-dealkylation sites (tertiary alicyclic amines) is 1. The molecule has 3 aliphatic rings. The molecule has 0 radical (unpaired) electrons. The van der Waals surface area contributed by atoms with Gasteiger partial charge in [-0.3, -0.25) is 24.0 Å². The van der Waals surface area contributed by atoms with Crippen molar-refractivity contribution in [3.05, 3.63) is 102 Å². The van der Waals surface area contributed by atoms with E-state index in [-0.39, 0.29) is 67.6 Å². The molecule has 7 rings (SSSR count). The molecule has 5 atom stereocenters. The Morgan fingerprint density at radius 3 is 2.28 bits per heavy atom. The van der Waals surface area contributed by atoms with Crippen molar-refractivity contribution in [3.8, 4) is 17.1 Å². The average Bonchev–Trinajstić information content (AvgIpc) is 3.81. The molecule has 4 aromatic rings. The zero-order valence-corrected chi connectivity index (χ0v) is 36.4. The lowest BCUT2D eigenvalue weighted by molar-refractivity contribution is -0.134. The summed E-state index contributed by atoms with van der Waals surface area (Å²) >= 11 is 25.3. The van der Waals surface area contributed by atoms with Crippen LogP contribution in [-0.4, -0.2) is 122 Å². The van der Waals surface area contributed by atoms with E-state index in [2.05, 4.69) is 31.0 Å². The monoisotopic (exact) mass is 919 g/mol. The second-order valence-electron chi connectivity index (χ2n) is 15.4. The van der Waals surface area contributed by atoms with E-state index in [1.165, 1.54) is 0 Å². The molecule has 3 fully saturated rings. The van der Waals surface area contributed by atoms with Crippen molar-refractivity contribution in [3.63, 3.8) is 0 Å². The molecule has 328 valence electrons. The molecule has 0 aliphatic carbocycles. The van der Waals surface area contributed by atoms with E-state index in [4.69, 9.17) is 65.1 Å². The van der Waals surface area contributed by atoms with Crippen molar-refractivity contribution < 1.29 is 33.4 Å². The maximum Gasteiger partial charge on any atom is 0.439 e. The number of ether oxygens (including phenoxy) is 3. The molecule has 0 saturated carbocycles. The molecule has 61 heavy (non-hydrogen) atoms. The Kier molecular flexibility index (Phi) is 16.0. The Morgan fingerprint density at radius 2 is 1.59 bits per heavy atom. The van der Waals surface area contributed by atoms with Gasteiger partial charge in [0, 0.05) is 57.6 Å². The van der Waals surface area contributed by atoms with Crippen LogP contribution in [0.25, 0.3) is 11.4 Å². The normalized spacial score (nSPS) is 22.3. The Morgan fingerprint density at radius 1 is 0.885 bits per heavy atom. The topological polar surface area (TPSA) is 184 Å². The molecule has 1 aromatic heterocycles. The van der Waals surface area contributed by atoms with Gasteiger partial charge in [-0.1, -0.05) is 69.8 Å². The number of H-pyrrole nitrogens is 1. The van der Waals surface area contributed by atoms with E-state index < -0.39 is 18.0 Å². The van der Waals surface area contributed by atoms with Gasteiger partial charge in [0.15, 0.2) is 12.4 Å². The summed E-state index contributed by atoms with van der Waals surface area (Å²) in [6.45, 7) is 4.93. The van der Waals surface area contributed by atoms with Gasteiger partial charge in [0.05, 0.1) is 63.7 Å². The van der Waals surface area contributed by atoms with Crippen molar-refractivity contribution in [2.75, 3.05) is 85.3 Å². The van der Waals surface area contributed by atoms with Crippen LogP contribution in [0.1, 0.15) is 47.8 Å². The maximum absolute atomic E-state index is 13.6. The number of hydrogen-bond acceptors (Lipinski definition) is 12. The highest BCUT2D eigenvalue weighted by molar-refractivity contribution is 6.42. The smallest absolute Gasteiger partial charge is 0.439 e. The van der Waals surface area contributed by atoms with Crippen LogP contribution < -0.4 is 26.4 Å². The van der Waals surface area contributed by atoms with Crippen LogP contribution in [0.5, 0.6) is 5.75 Å². The molecule has 5 N–H and O–H groups in total. The first-order chi connectivity index (χ1) is 29.6. The standard InChI is InChI=1S/C42H49Cl4N7O8/c43-31-6-3-26(16-33(31)45)39-28(18-47-9-14-58-39)20-49-37(55)24-59-35-8-5-25(15-30(35)41-50-42(57)61-51-41)36-21-48-19-29(40(60-36)27-4-7-32(44)34(46)17-27)22-53(12-13-54)38(56)23-52-10-1-2-11-52/h3-8,15-17,28-29,36,39-40,47-48,54H,1-2,9-14,18-24H2,(H,49,55)(H,50,51,57). The van der Waals surface area contributed by atoms with Gasteiger partial charge in [-0.25, -0.2) is 4.79 Å². The third-order valence-electron chi connectivity index (χ3n) is 11.2. The third kappa shape index (κ3) is 11.8. The van der Waals surface area contributed by atoms with E-state index in [0.717, 1.165) is 37.1 Å². The lowest BCUT2D eigenvalue weighted by atomic mass is 9.94. The molecule has 3 aliphatic heterocycles.